The highest BCUT2D eigenvalue weighted by atomic mass is 16.4. The normalized spacial score (nSPS) is 21.9. The van der Waals surface area contributed by atoms with E-state index in [4.69, 9.17) is 5.11 Å². The van der Waals surface area contributed by atoms with Crippen molar-refractivity contribution in [2.24, 2.45) is 11.8 Å². The van der Waals surface area contributed by atoms with E-state index < -0.39 is 12.0 Å². The molecule has 1 amide bonds. The molecule has 0 radical (unpaired) electrons. The van der Waals surface area contributed by atoms with Crippen molar-refractivity contribution >= 4 is 11.9 Å². The number of carboxylic acids is 1. The summed E-state index contributed by atoms with van der Waals surface area (Å²) < 4.78 is 0. The highest BCUT2D eigenvalue weighted by Crippen LogP contribution is 2.22. The van der Waals surface area contributed by atoms with Crippen molar-refractivity contribution in [3.8, 4) is 0 Å². The van der Waals surface area contributed by atoms with Gasteiger partial charge in [0.15, 0.2) is 0 Å². The number of amides is 1. The van der Waals surface area contributed by atoms with Crippen LogP contribution in [0.4, 0.5) is 0 Å². The number of hydrogen-bond acceptors (Lipinski definition) is 2. The molecule has 1 fully saturated rings. The van der Waals surface area contributed by atoms with Gasteiger partial charge in [0.25, 0.3) is 0 Å². The molecule has 98 valence electrons. The molecule has 1 saturated heterocycles. The molecule has 0 aromatic carbocycles. The summed E-state index contributed by atoms with van der Waals surface area (Å²) in [6, 6.07) is -0.589. The minimum absolute atomic E-state index is 0.00282. The summed E-state index contributed by atoms with van der Waals surface area (Å²) >= 11 is 0. The second-order valence-corrected chi connectivity index (χ2v) is 5.52. The molecule has 0 aromatic rings. The lowest BCUT2D eigenvalue weighted by atomic mass is 9.95. The lowest BCUT2D eigenvalue weighted by molar-refractivity contribution is -0.148. The Balaban J connectivity index is 2.49. The maximum atomic E-state index is 12.0. The van der Waals surface area contributed by atoms with Crippen LogP contribution in [0, 0.1) is 11.8 Å². The Hall–Kier alpha value is -1.06. The van der Waals surface area contributed by atoms with Crippen LogP contribution in [0.15, 0.2) is 0 Å². The van der Waals surface area contributed by atoms with Crippen molar-refractivity contribution in [1.82, 2.24) is 4.90 Å². The lowest BCUT2D eigenvalue weighted by Gasteiger charge is -2.23. The topological polar surface area (TPSA) is 57.6 Å². The maximum Gasteiger partial charge on any atom is 0.326 e. The van der Waals surface area contributed by atoms with Gasteiger partial charge in [-0.1, -0.05) is 20.8 Å². The molecule has 0 bridgehead atoms. The number of carboxylic acid groups (broad SMARTS) is 1. The summed E-state index contributed by atoms with van der Waals surface area (Å²) in [6.07, 6.45) is 2.89. The summed E-state index contributed by atoms with van der Waals surface area (Å²) in [5.41, 5.74) is 0. The van der Waals surface area contributed by atoms with Gasteiger partial charge in [0.1, 0.15) is 6.04 Å². The van der Waals surface area contributed by atoms with Gasteiger partial charge >= 0.3 is 5.97 Å². The molecule has 0 spiro atoms. The minimum Gasteiger partial charge on any atom is -0.480 e. The molecule has 4 nitrogen and oxygen atoms in total. The van der Waals surface area contributed by atoms with Crippen LogP contribution in [0.25, 0.3) is 0 Å². The lowest BCUT2D eigenvalue weighted by Crippen LogP contribution is -2.41. The number of likely N-dealkylation sites (tertiary alicyclic amines) is 1. The zero-order valence-corrected chi connectivity index (χ0v) is 11.0. The van der Waals surface area contributed by atoms with Gasteiger partial charge in [-0.15, -0.1) is 0 Å². The number of nitrogens with zero attached hydrogens (tertiary/aromatic N) is 1. The van der Waals surface area contributed by atoms with Gasteiger partial charge in [-0.25, -0.2) is 4.79 Å². The van der Waals surface area contributed by atoms with E-state index in [0.717, 1.165) is 12.8 Å². The van der Waals surface area contributed by atoms with Gasteiger partial charge in [0, 0.05) is 13.0 Å². The van der Waals surface area contributed by atoms with E-state index in [1.165, 1.54) is 0 Å². The predicted octanol–water partition coefficient (Wildman–Crippen LogP) is 2.13. The van der Waals surface area contributed by atoms with E-state index >= 15 is 0 Å². The van der Waals surface area contributed by atoms with Crippen LogP contribution < -0.4 is 0 Å². The Morgan fingerprint density at radius 3 is 2.53 bits per heavy atom. The zero-order chi connectivity index (χ0) is 13.0. The average molecular weight is 241 g/mol. The second-order valence-electron chi connectivity index (χ2n) is 5.52. The van der Waals surface area contributed by atoms with E-state index in [1.54, 1.807) is 4.90 Å². The minimum atomic E-state index is -0.868. The molecule has 17 heavy (non-hydrogen) atoms. The molecule has 1 aliphatic rings. The molecule has 1 aliphatic heterocycles. The van der Waals surface area contributed by atoms with Crippen molar-refractivity contribution in [3.63, 3.8) is 0 Å². The molecule has 1 N–H and O–H groups in total. The molecule has 0 saturated carbocycles. The summed E-state index contributed by atoms with van der Waals surface area (Å²) in [5.74, 6) is 0.0413. The van der Waals surface area contributed by atoms with Crippen LogP contribution in [0.3, 0.4) is 0 Å². The van der Waals surface area contributed by atoms with Gasteiger partial charge in [0.2, 0.25) is 5.91 Å². The number of rotatable bonds is 5. The number of hydrogen-bond donors (Lipinski definition) is 1. The van der Waals surface area contributed by atoms with Crippen LogP contribution in [-0.4, -0.2) is 34.5 Å². The molecular weight excluding hydrogens is 218 g/mol. The second kappa shape index (κ2) is 6.03. The summed E-state index contributed by atoms with van der Waals surface area (Å²) in [6.45, 7) is 6.93. The Labute approximate surface area is 103 Å². The summed E-state index contributed by atoms with van der Waals surface area (Å²) in [5, 5.41) is 9.02. The van der Waals surface area contributed by atoms with E-state index in [2.05, 4.69) is 20.8 Å². The first kappa shape index (κ1) is 14.0. The monoisotopic (exact) mass is 241 g/mol. The summed E-state index contributed by atoms with van der Waals surface area (Å²) in [4.78, 5) is 24.5. The number of carbonyl (C=O) groups excluding carboxylic acids is 1. The van der Waals surface area contributed by atoms with Crippen molar-refractivity contribution in [2.45, 2.75) is 52.5 Å². The molecule has 0 aromatic heterocycles. The van der Waals surface area contributed by atoms with Crippen LogP contribution in [-0.2, 0) is 9.59 Å². The van der Waals surface area contributed by atoms with Crippen molar-refractivity contribution in [2.75, 3.05) is 6.54 Å². The SMILES string of the molecule is CC(C)CC(C)CC(=O)N1CCCC1C(=O)O. The van der Waals surface area contributed by atoms with E-state index in [9.17, 15) is 9.59 Å². The molecule has 2 unspecified atom stereocenters. The predicted molar refractivity (Wildman–Crippen MR) is 65.6 cm³/mol. The fourth-order valence-electron chi connectivity index (χ4n) is 2.63. The standard InChI is InChI=1S/C13H23NO3/c1-9(2)7-10(3)8-12(15)14-6-4-5-11(14)13(16)17/h9-11H,4-8H2,1-3H3,(H,16,17). The average Bonchev–Trinajstić information content (AvgIpc) is 2.63. The Morgan fingerprint density at radius 2 is 2.00 bits per heavy atom. The van der Waals surface area contributed by atoms with Gasteiger partial charge in [-0.2, -0.15) is 0 Å². The molecule has 4 heteroatoms. The first-order valence-electron chi connectivity index (χ1n) is 6.44. The third kappa shape index (κ3) is 4.02. The first-order chi connectivity index (χ1) is 7.91. The molecular formula is C13H23NO3. The Morgan fingerprint density at radius 1 is 1.35 bits per heavy atom. The quantitative estimate of drug-likeness (QED) is 0.802. The van der Waals surface area contributed by atoms with Gasteiger partial charge in [-0.3, -0.25) is 4.79 Å². The summed E-state index contributed by atoms with van der Waals surface area (Å²) in [7, 11) is 0. The smallest absolute Gasteiger partial charge is 0.326 e. The van der Waals surface area contributed by atoms with Crippen LogP contribution in [0.2, 0.25) is 0 Å². The van der Waals surface area contributed by atoms with Gasteiger partial charge < -0.3 is 10.0 Å². The van der Waals surface area contributed by atoms with Gasteiger partial charge in [0.05, 0.1) is 0 Å². The van der Waals surface area contributed by atoms with Crippen molar-refractivity contribution in [1.29, 1.82) is 0 Å². The fourth-order valence-corrected chi connectivity index (χ4v) is 2.63. The van der Waals surface area contributed by atoms with Crippen LogP contribution in [0.1, 0.15) is 46.5 Å². The largest absolute Gasteiger partial charge is 0.480 e. The van der Waals surface area contributed by atoms with Crippen molar-refractivity contribution < 1.29 is 14.7 Å². The highest BCUT2D eigenvalue weighted by molar-refractivity contribution is 5.84. The fraction of sp³-hybridized carbons (Fsp3) is 0.846. The first-order valence-corrected chi connectivity index (χ1v) is 6.44. The molecule has 1 heterocycles. The number of aliphatic carboxylic acids is 1. The van der Waals surface area contributed by atoms with Crippen LogP contribution in [0.5, 0.6) is 0 Å². The Bertz CT molecular complexity index is 288. The molecule has 2 atom stereocenters. The highest BCUT2D eigenvalue weighted by Gasteiger charge is 2.34. The third-order valence-electron chi connectivity index (χ3n) is 3.26. The number of carbonyl (C=O) groups is 2. The third-order valence-corrected chi connectivity index (χ3v) is 3.26. The Kier molecular flexibility index (Phi) is 4.97. The van der Waals surface area contributed by atoms with Gasteiger partial charge in [-0.05, 0) is 31.1 Å². The van der Waals surface area contributed by atoms with Crippen LogP contribution >= 0.6 is 0 Å². The van der Waals surface area contributed by atoms with E-state index in [0.29, 0.717) is 31.2 Å². The zero-order valence-electron chi connectivity index (χ0n) is 11.0. The van der Waals surface area contributed by atoms with Crippen molar-refractivity contribution in [3.05, 3.63) is 0 Å². The molecule has 1 rings (SSSR count). The molecule has 0 aliphatic carbocycles. The maximum absolute atomic E-state index is 12.0. The van der Waals surface area contributed by atoms with E-state index in [-0.39, 0.29) is 5.91 Å². The van der Waals surface area contributed by atoms with E-state index in [1.807, 2.05) is 0 Å².